The maximum Gasteiger partial charge on any atom is 0.329 e. The van der Waals surface area contributed by atoms with E-state index >= 15 is 0 Å². The predicted molar refractivity (Wildman–Crippen MR) is 58.9 cm³/mol. The lowest BCUT2D eigenvalue weighted by Crippen LogP contribution is -2.34. The SMILES string of the molecule is CC(C)(C(=O)O)n1ccc2ccccc21. The molecule has 1 heterocycles. The summed E-state index contributed by atoms with van der Waals surface area (Å²) in [5.41, 5.74) is 0.0354. The molecule has 0 atom stereocenters. The molecular formula is C12H13NO2. The highest BCUT2D eigenvalue weighted by Crippen LogP contribution is 2.24. The number of carboxylic acids is 1. The highest BCUT2D eigenvalue weighted by molar-refractivity contribution is 5.84. The zero-order valence-corrected chi connectivity index (χ0v) is 8.77. The Morgan fingerprint density at radius 3 is 2.60 bits per heavy atom. The minimum Gasteiger partial charge on any atom is -0.480 e. The van der Waals surface area contributed by atoms with E-state index in [0.717, 1.165) is 10.9 Å². The van der Waals surface area contributed by atoms with Gasteiger partial charge in [-0.15, -0.1) is 0 Å². The topological polar surface area (TPSA) is 42.2 Å². The number of hydrogen-bond donors (Lipinski definition) is 1. The second-order valence-corrected chi connectivity index (χ2v) is 4.11. The minimum atomic E-state index is -0.914. The Morgan fingerprint density at radius 1 is 1.27 bits per heavy atom. The standard InChI is InChI=1S/C12H13NO2/c1-12(2,11(14)15)13-8-7-9-5-3-4-6-10(9)13/h3-8H,1-2H3,(H,14,15). The van der Waals surface area contributed by atoms with Crippen LogP contribution >= 0.6 is 0 Å². The summed E-state index contributed by atoms with van der Waals surface area (Å²) in [6, 6.07) is 9.70. The van der Waals surface area contributed by atoms with Gasteiger partial charge in [0, 0.05) is 11.7 Å². The molecule has 1 aromatic heterocycles. The van der Waals surface area contributed by atoms with E-state index in [1.807, 2.05) is 36.5 Å². The molecule has 0 unspecified atom stereocenters. The van der Waals surface area contributed by atoms with Gasteiger partial charge in [-0.3, -0.25) is 0 Å². The van der Waals surface area contributed by atoms with Crippen molar-refractivity contribution in [3.8, 4) is 0 Å². The zero-order valence-electron chi connectivity index (χ0n) is 8.77. The Hall–Kier alpha value is -1.77. The maximum absolute atomic E-state index is 11.1. The van der Waals surface area contributed by atoms with Gasteiger partial charge in [0.25, 0.3) is 0 Å². The van der Waals surface area contributed by atoms with E-state index in [4.69, 9.17) is 5.11 Å². The number of fused-ring (bicyclic) bond motifs is 1. The lowest BCUT2D eigenvalue weighted by Gasteiger charge is -2.22. The summed E-state index contributed by atoms with van der Waals surface area (Å²) >= 11 is 0. The molecule has 15 heavy (non-hydrogen) atoms. The van der Waals surface area contributed by atoms with E-state index in [-0.39, 0.29) is 0 Å². The summed E-state index contributed by atoms with van der Waals surface area (Å²) < 4.78 is 1.78. The second-order valence-electron chi connectivity index (χ2n) is 4.11. The van der Waals surface area contributed by atoms with Crippen molar-refractivity contribution in [1.82, 2.24) is 4.57 Å². The van der Waals surface area contributed by atoms with Crippen molar-refractivity contribution in [3.63, 3.8) is 0 Å². The summed E-state index contributed by atoms with van der Waals surface area (Å²) in [7, 11) is 0. The number of aromatic nitrogens is 1. The first kappa shape index (κ1) is 9.77. The van der Waals surface area contributed by atoms with E-state index in [1.165, 1.54) is 0 Å². The largest absolute Gasteiger partial charge is 0.480 e. The fourth-order valence-corrected chi connectivity index (χ4v) is 1.67. The Morgan fingerprint density at radius 2 is 1.93 bits per heavy atom. The quantitative estimate of drug-likeness (QED) is 0.814. The fraction of sp³-hybridized carbons (Fsp3) is 0.250. The molecule has 0 aliphatic carbocycles. The van der Waals surface area contributed by atoms with Gasteiger partial charge in [-0.1, -0.05) is 18.2 Å². The third-order valence-corrected chi connectivity index (χ3v) is 2.73. The summed E-state index contributed by atoms with van der Waals surface area (Å²) in [6.45, 7) is 3.39. The van der Waals surface area contributed by atoms with Crippen LogP contribution in [0.5, 0.6) is 0 Å². The van der Waals surface area contributed by atoms with E-state index in [1.54, 1.807) is 18.4 Å². The number of hydrogen-bond acceptors (Lipinski definition) is 1. The maximum atomic E-state index is 11.1. The monoisotopic (exact) mass is 203 g/mol. The van der Waals surface area contributed by atoms with Crippen LogP contribution in [-0.4, -0.2) is 15.6 Å². The molecule has 0 aliphatic heterocycles. The van der Waals surface area contributed by atoms with Crippen LogP contribution in [0.25, 0.3) is 10.9 Å². The molecule has 0 radical (unpaired) electrons. The van der Waals surface area contributed by atoms with Gasteiger partial charge in [0.15, 0.2) is 0 Å². The fourth-order valence-electron chi connectivity index (χ4n) is 1.67. The van der Waals surface area contributed by atoms with Crippen molar-refractivity contribution in [2.24, 2.45) is 0 Å². The third kappa shape index (κ3) is 1.40. The number of carboxylic acid groups (broad SMARTS) is 1. The average molecular weight is 203 g/mol. The molecule has 1 aromatic carbocycles. The molecule has 0 bridgehead atoms. The average Bonchev–Trinajstić information content (AvgIpc) is 2.61. The number of rotatable bonds is 2. The Labute approximate surface area is 87.9 Å². The summed E-state index contributed by atoms with van der Waals surface area (Å²) in [5.74, 6) is -0.830. The van der Waals surface area contributed by atoms with Crippen LogP contribution in [0.2, 0.25) is 0 Å². The zero-order chi connectivity index (χ0) is 11.1. The van der Waals surface area contributed by atoms with Gasteiger partial charge in [0.2, 0.25) is 0 Å². The number of benzene rings is 1. The molecule has 3 heteroatoms. The molecule has 0 spiro atoms. The molecular weight excluding hydrogens is 190 g/mol. The Balaban J connectivity index is 2.67. The first-order valence-electron chi connectivity index (χ1n) is 4.83. The van der Waals surface area contributed by atoms with Gasteiger partial charge in [0.05, 0.1) is 0 Å². The molecule has 1 N–H and O–H groups in total. The van der Waals surface area contributed by atoms with Crippen molar-refractivity contribution in [3.05, 3.63) is 36.5 Å². The normalized spacial score (nSPS) is 11.9. The van der Waals surface area contributed by atoms with Crippen LogP contribution in [0.1, 0.15) is 13.8 Å². The molecule has 0 aliphatic rings. The van der Waals surface area contributed by atoms with Crippen LogP contribution in [-0.2, 0) is 10.3 Å². The van der Waals surface area contributed by atoms with Gasteiger partial charge >= 0.3 is 5.97 Å². The van der Waals surface area contributed by atoms with Crippen LogP contribution in [0.15, 0.2) is 36.5 Å². The number of nitrogens with zero attached hydrogens (tertiary/aromatic N) is 1. The van der Waals surface area contributed by atoms with Crippen LogP contribution in [0.3, 0.4) is 0 Å². The van der Waals surface area contributed by atoms with Gasteiger partial charge in [-0.05, 0) is 31.4 Å². The summed E-state index contributed by atoms with van der Waals surface area (Å²) in [6.07, 6.45) is 1.82. The van der Waals surface area contributed by atoms with Gasteiger partial charge in [0.1, 0.15) is 5.54 Å². The number of aliphatic carboxylic acids is 1. The first-order chi connectivity index (χ1) is 7.03. The molecule has 78 valence electrons. The molecule has 2 rings (SSSR count). The van der Waals surface area contributed by atoms with E-state index in [9.17, 15) is 4.79 Å². The Kier molecular flexibility index (Phi) is 2.03. The van der Waals surface area contributed by atoms with Crippen LogP contribution in [0.4, 0.5) is 0 Å². The molecule has 3 nitrogen and oxygen atoms in total. The lowest BCUT2D eigenvalue weighted by atomic mass is 10.1. The summed E-state index contributed by atoms with van der Waals surface area (Å²) in [4.78, 5) is 11.1. The van der Waals surface area contributed by atoms with Gasteiger partial charge in [-0.2, -0.15) is 0 Å². The van der Waals surface area contributed by atoms with Crippen molar-refractivity contribution < 1.29 is 9.90 Å². The van der Waals surface area contributed by atoms with Crippen molar-refractivity contribution in [2.45, 2.75) is 19.4 Å². The summed E-state index contributed by atoms with van der Waals surface area (Å²) in [5, 5.41) is 10.2. The van der Waals surface area contributed by atoms with Crippen molar-refractivity contribution in [2.75, 3.05) is 0 Å². The first-order valence-corrected chi connectivity index (χ1v) is 4.83. The van der Waals surface area contributed by atoms with E-state index in [2.05, 4.69) is 0 Å². The highest BCUT2D eigenvalue weighted by atomic mass is 16.4. The highest BCUT2D eigenvalue weighted by Gasteiger charge is 2.29. The molecule has 0 fully saturated rings. The van der Waals surface area contributed by atoms with E-state index in [0.29, 0.717) is 0 Å². The number of carbonyl (C=O) groups is 1. The van der Waals surface area contributed by atoms with Gasteiger partial charge < -0.3 is 9.67 Å². The molecule has 0 saturated carbocycles. The smallest absolute Gasteiger partial charge is 0.329 e. The molecule has 0 amide bonds. The van der Waals surface area contributed by atoms with E-state index < -0.39 is 11.5 Å². The van der Waals surface area contributed by atoms with Crippen LogP contribution < -0.4 is 0 Å². The molecule has 0 saturated heterocycles. The van der Waals surface area contributed by atoms with Crippen molar-refractivity contribution >= 4 is 16.9 Å². The Bertz CT molecular complexity index is 511. The second kappa shape index (κ2) is 3.12. The van der Waals surface area contributed by atoms with Gasteiger partial charge in [-0.25, -0.2) is 4.79 Å². The third-order valence-electron chi connectivity index (χ3n) is 2.73. The number of para-hydroxylation sites is 1. The van der Waals surface area contributed by atoms with Crippen molar-refractivity contribution in [1.29, 1.82) is 0 Å². The minimum absolute atomic E-state index is 0.830. The molecule has 2 aromatic rings. The lowest BCUT2D eigenvalue weighted by molar-refractivity contribution is -0.145. The van der Waals surface area contributed by atoms with Crippen LogP contribution in [0, 0.1) is 0 Å². The predicted octanol–water partition coefficient (Wildman–Crippen LogP) is 2.46.